The van der Waals surface area contributed by atoms with Gasteiger partial charge in [-0.2, -0.15) is 14.6 Å². The van der Waals surface area contributed by atoms with Gasteiger partial charge >= 0.3 is 6.09 Å². The maximum atomic E-state index is 12.2. The van der Waals surface area contributed by atoms with Gasteiger partial charge in [-0.25, -0.2) is 9.78 Å². The Kier molecular flexibility index (Phi) is 5.57. The van der Waals surface area contributed by atoms with Gasteiger partial charge < -0.3 is 15.0 Å². The van der Waals surface area contributed by atoms with Crippen LogP contribution in [0.2, 0.25) is 0 Å². The topological polar surface area (TPSA) is 84.6 Å². The van der Waals surface area contributed by atoms with E-state index in [1.165, 1.54) is 6.33 Å². The van der Waals surface area contributed by atoms with E-state index in [4.69, 9.17) is 4.74 Å². The van der Waals surface area contributed by atoms with Crippen molar-refractivity contribution in [2.45, 2.75) is 51.7 Å². The van der Waals surface area contributed by atoms with Crippen LogP contribution in [0.15, 0.2) is 42.7 Å². The monoisotopic (exact) mass is 408 g/mol. The van der Waals surface area contributed by atoms with Crippen LogP contribution < -0.4 is 10.2 Å². The molecule has 1 unspecified atom stereocenters. The highest BCUT2D eigenvalue weighted by molar-refractivity contribution is 5.68. The number of fused-ring (bicyclic) bond motifs is 1. The number of alkyl carbamates (subject to hydrolysis) is 1. The molecule has 30 heavy (non-hydrogen) atoms. The van der Waals surface area contributed by atoms with E-state index < -0.39 is 11.7 Å². The highest BCUT2D eigenvalue weighted by atomic mass is 16.6. The number of benzene rings is 1. The number of nitrogens with one attached hydrogen (secondary N) is 1. The second kappa shape index (κ2) is 8.30. The van der Waals surface area contributed by atoms with Gasteiger partial charge in [-0.3, -0.25) is 0 Å². The summed E-state index contributed by atoms with van der Waals surface area (Å²) in [6.07, 6.45) is 4.32. The Morgan fingerprint density at radius 1 is 1.23 bits per heavy atom. The quantitative estimate of drug-likeness (QED) is 0.709. The van der Waals surface area contributed by atoms with E-state index in [0.29, 0.717) is 12.3 Å². The molecule has 0 spiro atoms. The summed E-state index contributed by atoms with van der Waals surface area (Å²) in [6, 6.07) is 12.3. The van der Waals surface area contributed by atoms with E-state index in [2.05, 4.69) is 31.3 Å². The van der Waals surface area contributed by atoms with Crippen molar-refractivity contribution in [3.05, 3.63) is 42.7 Å². The van der Waals surface area contributed by atoms with E-state index in [1.54, 1.807) is 4.52 Å². The molecule has 4 rings (SSSR count). The maximum Gasteiger partial charge on any atom is 0.407 e. The van der Waals surface area contributed by atoms with Gasteiger partial charge in [-0.05, 0) is 40.0 Å². The lowest BCUT2D eigenvalue weighted by molar-refractivity contribution is 0.0523. The predicted molar refractivity (Wildman–Crippen MR) is 115 cm³/mol. The lowest BCUT2D eigenvalue weighted by atomic mass is 10.0. The van der Waals surface area contributed by atoms with Gasteiger partial charge in [0.25, 0.3) is 5.78 Å². The van der Waals surface area contributed by atoms with E-state index in [9.17, 15) is 4.79 Å². The Morgan fingerprint density at radius 2 is 2.03 bits per heavy atom. The number of ether oxygens (including phenoxy) is 1. The van der Waals surface area contributed by atoms with Crippen LogP contribution in [0.25, 0.3) is 17.0 Å². The Labute approximate surface area is 176 Å². The average molecular weight is 409 g/mol. The third-order valence-electron chi connectivity index (χ3n) is 5.10. The Balaban J connectivity index is 1.62. The molecule has 1 N–H and O–H groups in total. The van der Waals surface area contributed by atoms with Crippen LogP contribution in [-0.4, -0.2) is 50.4 Å². The minimum Gasteiger partial charge on any atom is -0.444 e. The van der Waals surface area contributed by atoms with Crippen LogP contribution >= 0.6 is 0 Å². The standard InChI is InChI=1S/C22H28N6O2/c1-22(2,3)30-21(29)23-14-17-11-7-8-12-27(17)19-13-18(16-9-5-4-6-10-16)26-20-24-15-25-28(19)20/h4-6,9-10,13,15,17H,7-8,11-12,14H2,1-3H3,(H,23,29). The van der Waals surface area contributed by atoms with Crippen molar-refractivity contribution in [2.24, 2.45) is 0 Å². The number of hydrogen-bond acceptors (Lipinski definition) is 6. The van der Waals surface area contributed by atoms with Crippen LogP contribution in [0.4, 0.5) is 10.6 Å². The highest BCUT2D eigenvalue weighted by Crippen LogP contribution is 2.28. The van der Waals surface area contributed by atoms with E-state index >= 15 is 0 Å². The first-order chi connectivity index (χ1) is 14.4. The van der Waals surface area contributed by atoms with Gasteiger partial charge in [0.1, 0.15) is 17.7 Å². The summed E-state index contributed by atoms with van der Waals surface area (Å²) < 4.78 is 7.17. The van der Waals surface area contributed by atoms with Gasteiger partial charge in [-0.15, -0.1) is 0 Å². The van der Waals surface area contributed by atoms with Crippen molar-refractivity contribution in [1.29, 1.82) is 0 Å². The zero-order chi connectivity index (χ0) is 21.1. The maximum absolute atomic E-state index is 12.2. The fraction of sp³-hybridized carbons (Fsp3) is 0.455. The Bertz CT molecular complexity index is 1010. The molecule has 3 aromatic rings. The molecule has 0 saturated carbocycles. The number of hydrogen-bond donors (Lipinski definition) is 1. The first-order valence-corrected chi connectivity index (χ1v) is 10.4. The largest absolute Gasteiger partial charge is 0.444 e. The third kappa shape index (κ3) is 4.53. The number of carbonyl (C=O) groups is 1. The lowest BCUT2D eigenvalue weighted by Gasteiger charge is -2.37. The van der Waals surface area contributed by atoms with Gasteiger partial charge in [0.05, 0.1) is 5.69 Å². The van der Waals surface area contributed by atoms with E-state index in [0.717, 1.165) is 42.9 Å². The SMILES string of the molecule is CC(C)(C)OC(=O)NCC1CCCCN1c1cc(-c2ccccc2)nc2ncnn12. The first-order valence-electron chi connectivity index (χ1n) is 10.4. The molecule has 1 fully saturated rings. The molecule has 1 aliphatic rings. The van der Waals surface area contributed by atoms with Crippen molar-refractivity contribution in [2.75, 3.05) is 18.0 Å². The van der Waals surface area contributed by atoms with Gasteiger partial charge in [0.15, 0.2) is 0 Å². The van der Waals surface area contributed by atoms with Crippen LogP contribution in [0.5, 0.6) is 0 Å². The molecule has 3 heterocycles. The molecule has 8 nitrogen and oxygen atoms in total. The fourth-order valence-electron chi connectivity index (χ4n) is 3.79. The van der Waals surface area contributed by atoms with Crippen molar-refractivity contribution < 1.29 is 9.53 Å². The fourth-order valence-corrected chi connectivity index (χ4v) is 3.79. The van der Waals surface area contributed by atoms with Crippen molar-refractivity contribution in [1.82, 2.24) is 24.9 Å². The van der Waals surface area contributed by atoms with Gasteiger partial charge in [0, 0.05) is 30.8 Å². The number of aromatic nitrogens is 4. The lowest BCUT2D eigenvalue weighted by Crippen LogP contribution is -2.48. The molecule has 1 atom stereocenters. The van der Waals surface area contributed by atoms with Crippen LogP contribution in [0.3, 0.4) is 0 Å². The van der Waals surface area contributed by atoms with Gasteiger partial charge in [-0.1, -0.05) is 30.3 Å². The van der Waals surface area contributed by atoms with E-state index in [1.807, 2.05) is 51.1 Å². The molecule has 0 aliphatic carbocycles. The predicted octanol–water partition coefficient (Wildman–Crippen LogP) is 3.67. The second-order valence-corrected chi connectivity index (χ2v) is 8.56. The number of anilines is 1. The van der Waals surface area contributed by atoms with Gasteiger partial charge in [0.2, 0.25) is 0 Å². The highest BCUT2D eigenvalue weighted by Gasteiger charge is 2.27. The summed E-state index contributed by atoms with van der Waals surface area (Å²) in [7, 11) is 0. The average Bonchev–Trinajstić information content (AvgIpc) is 3.20. The number of amides is 1. The number of carbonyl (C=O) groups excluding carboxylic acids is 1. The molecule has 158 valence electrons. The third-order valence-corrected chi connectivity index (χ3v) is 5.10. The number of piperidine rings is 1. The molecular formula is C22H28N6O2. The molecule has 2 aromatic heterocycles. The molecule has 1 saturated heterocycles. The number of nitrogens with zero attached hydrogens (tertiary/aromatic N) is 5. The Morgan fingerprint density at radius 3 is 2.80 bits per heavy atom. The van der Waals surface area contributed by atoms with Crippen molar-refractivity contribution >= 4 is 17.7 Å². The number of rotatable bonds is 4. The molecule has 1 aliphatic heterocycles. The minimum atomic E-state index is -0.515. The summed E-state index contributed by atoms with van der Waals surface area (Å²) in [5, 5.41) is 7.33. The zero-order valence-corrected chi connectivity index (χ0v) is 17.7. The van der Waals surface area contributed by atoms with Crippen LogP contribution in [0, 0.1) is 0 Å². The van der Waals surface area contributed by atoms with Crippen molar-refractivity contribution in [3.8, 4) is 11.3 Å². The minimum absolute atomic E-state index is 0.143. The smallest absolute Gasteiger partial charge is 0.407 e. The summed E-state index contributed by atoms with van der Waals surface area (Å²) in [6.45, 7) is 6.98. The molecule has 0 radical (unpaired) electrons. The molecule has 1 amide bonds. The van der Waals surface area contributed by atoms with Crippen LogP contribution in [0.1, 0.15) is 40.0 Å². The summed E-state index contributed by atoms with van der Waals surface area (Å²) >= 11 is 0. The summed E-state index contributed by atoms with van der Waals surface area (Å²) in [5.41, 5.74) is 1.37. The zero-order valence-electron chi connectivity index (χ0n) is 17.7. The van der Waals surface area contributed by atoms with E-state index in [-0.39, 0.29) is 6.04 Å². The molecule has 0 bridgehead atoms. The molecule has 8 heteroatoms. The summed E-state index contributed by atoms with van der Waals surface area (Å²) in [5.74, 6) is 1.50. The van der Waals surface area contributed by atoms with Crippen molar-refractivity contribution in [3.63, 3.8) is 0 Å². The molecular weight excluding hydrogens is 380 g/mol. The molecule has 1 aromatic carbocycles. The van der Waals surface area contributed by atoms with Crippen LogP contribution in [-0.2, 0) is 4.74 Å². The summed E-state index contributed by atoms with van der Waals surface area (Å²) in [4.78, 5) is 23.5. The normalized spacial score (nSPS) is 17.2. The Hall–Kier alpha value is -3.16. The first kappa shape index (κ1) is 20.1. The second-order valence-electron chi connectivity index (χ2n) is 8.56.